The predicted octanol–water partition coefficient (Wildman–Crippen LogP) is 3.01. The molecule has 4 nitrogen and oxygen atoms in total. The fourth-order valence-electron chi connectivity index (χ4n) is 2.46. The zero-order chi connectivity index (χ0) is 13.2. The zero-order valence-corrected chi connectivity index (χ0v) is 12.1. The number of anilines is 1. The molecule has 1 aliphatic heterocycles. The van der Waals surface area contributed by atoms with Gasteiger partial charge in [-0.2, -0.15) is 0 Å². The van der Waals surface area contributed by atoms with E-state index in [-0.39, 0.29) is 0 Å². The van der Waals surface area contributed by atoms with Crippen LogP contribution in [0.25, 0.3) is 0 Å². The summed E-state index contributed by atoms with van der Waals surface area (Å²) < 4.78 is 5.81. The number of hydrogen-bond acceptors (Lipinski definition) is 4. The summed E-state index contributed by atoms with van der Waals surface area (Å²) in [5, 5.41) is 0.560. The summed E-state index contributed by atoms with van der Waals surface area (Å²) in [5.74, 6) is 2.41. The van der Waals surface area contributed by atoms with Crippen LogP contribution >= 0.6 is 11.6 Å². The van der Waals surface area contributed by atoms with Crippen molar-refractivity contribution in [2.24, 2.45) is 0 Å². The Bertz CT molecular complexity index is 450. The normalized spacial score (nSPS) is 24.3. The molecule has 0 N–H and O–H groups in total. The van der Waals surface area contributed by atoms with Gasteiger partial charge >= 0.3 is 0 Å². The average Bonchev–Trinajstić information content (AvgIpc) is 3.24. The van der Waals surface area contributed by atoms with Crippen LogP contribution in [0.15, 0.2) is 6.07 Å². The van der Waals surface area contributed by atoms with Gasteiger partial charge in [-0.15, -0.1) is 0 Å². The van der Waals surface area contributed by atoms with Crippen molar-refractivity contribution in [1.82, 2.24) is 9.97 Å². The number of nitrogens with zero attached hydrogens (tertiary/aromatic N) is 3. The average molecular weight is 282 g/mol. The van der Waals surface area contributed by atoms with Gasteiger partial charge in [0.2, 0.25) is 0 Å². The van der Waals surface area contributed by atoms with E-state index in [4.69, 9.17) is 21.3 Å². The van der Waals surface area contributed by atoms with Crippen LogP contribution in [0.5, 0.6) is 0 Å². The minimum atomic E-state index is 0.292. The summed E-state index contributed by atoms with van der Waals surface area (Å²) in [4.78, 5) is 11.3. The smallest absolute Gasteiger partial charge is 0.135 e. The molecule has 0 radical (unpaired) electrons. The van der Waals surface area contributed by atoms with E-state index in [0.717, 1.165) is 44.2 Å². The Morgan fingerprint density at radius 3 is 3.00 bits per heavy atom. The Hall–Kier alpha value is -0.870. The first-order valence-corrected chi connectivity index (χ1v) is 7.55. The van der Waals surface area contributed by atoms with Crippen molar-refractivity contribution >= 4 is 17.4 Å². The molecule has 1 saturated heterocycles. The fraction of sp³-hybridized carbons (Fsp3) is 0.714. The van der Waals surface area contributed by atoms with Gasteiger partial charge in [0.15, 0.2) is 0 Å². The zero-order valence-electron chi connectivity index (χ0n) is 11.3. The summed E-state index contributed by atoms with van der Waals surface area (Å²) in [6, 6.07) is 1.88. The highest BCUT2D eigenvalue weighted by Crippen LogP contribution is 2.39. The first-order chi connectivity index (χ1) is 9.26. The van der Waals surface area contributed by atoms with Crippen LogP contribution in [0.4, 0.5) is 5.82 Å². The van der Waals surface area contributed by atoms with Gasteiger partial charge in [0.1, 0.15) is 16.8 Å². The second-order valence-corrected chi connectivity index (χ2v) is 5.77. The molecule has 5 heteroatoms. The molecule has 1 atom stereocenters. The minimum Gasteiger partial charge on any atom is -0.376 e. The Morgan fingerprint density at radius 2 is 2.26 bits per heavy atom. The van der Waals surface area contributed by atoms with Crippen LogP contribution in [0.3, 0.4) is 0 Å². The van der Waals surface area contributed by atoms with E-state index in [9.17, 15) is 0 Å². The van der Waals surface area contributed by atoms with Crippen molar-refractivity contribution in [3.63, 3.8) is 0 Å². The quantitative estimate of drug-likeness (QED) is 0.799. The van der Waals surface area contributed by atoms with E-state index in [1.165, 1.54) is 12.8 Å². The van der Waals surface area contributed by atoms with Crippen LogP contribution in [-0.4, -0.2) is 35.8 Å². The Labute approximate surface area is 119 Å². The van der Waals surface area contributed by atoms with Gasteiger partial charge in [-0.1, -0.05) is 18.5 Å². The summed E-state index contributed by atoms with van der Waals surface area (Å²) >= 11 is 6.14. The van der Waals surface area contributed by atoms with Gasteiger partial charge in [-0.3, -0.25) is 0 Å². The van der Waals surface area contributed by atoms with Gasteiger partial charge in [0.05, 0.1) is 6.10 Å². The molecule has 0 amide bonds. The third-order valence-corrected chi connectivity index (χ3v) is 3.96. The lowest BCUT2D eigenvalue weighted by Crippen LogP contribution is -2.32. The van der Waals surface area contributed by atoms with E-state index in [0.29, 0.717) is 17.2 Å². The molecule has 104 valence electrons. The van der Waals surface area contributed by atoms with Crippen molar-refractivity contribution < 1.29 is 4.74 Å². The highest BCUT2D eigenvalue weighted by molar-refractivity contribution is 6.29. The van der Waals surface area contributed by atoms with Crippen molar-refractivity contribution in [2.75, 3.05) is 24.6 Å². The van der Waals surface area contributed by atoms with Crippen LogP contribution in [-0.2, 0) is 4.74 Å². The summed E-state index contributed by atoms with van der Waals surface area (Å²) in [5.41, 5.74) is 0. The number of halogens is 1. The van der Waals surface area contributed by atoms with E-state index in [1.54, 1.807) is 0 Å². The van der Waals surface area contributed by atoms with Crippen LogP contribution < -0.4 is 4.90 Å². The molecule has 2 heterocycles. The maximum Gasteiger partial charge on any atom is 0.135 e. The molecule has 3 rings (SSSR count). The molecule has 0 aromatic carbocycles. The fourth-order valence-corrected chi connectivity index (χ4v) is 2.64. The predicted molar refractivity (Wildman–Crippen MR) is 75.9 cm³/mol. The van der Waals surface area contributed by atoms with Gasteiger partial charge in [-0.05, 0) is 25.7 Å². The second kappa shape index (κ2) is 5.63. The third kappa shape index (κ3) is 3.18. The van der Waals surface area contributed by atoms with Gasteiger partial charge in [0.25, 0.3) is 0 Å². The van der Waals surface area contributed by atoms with Crippen molar-refractivity contribution in [3.8, 4) is 0 Å². The topological polar surface area (TPSA) is 38.2 Å². The molecule has 19 heavy (non-hydrogen) atoms. The molecule has 1 aromatic rings. The lowest BCUT2D eigenvalue weighted by molar-refractivity contribution is 0.0664. The maximum atomic E-state index is 6.14. The van der Waals surface area contributed by atoms with Crippen LogP contribution in [0, 0.1) is 0 Å². The lowest BCUT2D eigenvalue weighted by Gasteiger charge is -2.24. The third-order valence-electron chi connectivity index (χ3n) is 3.77. The summed E-state index contributed by atoms with van der Waals surface area (Å²) in [7, 11) is 0. The maximum absolute atomic E-state index is 6.14. The number of hydrogen-bond donors (Lipinski definition) is 0. The molecular formula is C14H20ClN3O. The molecule has 0 spiro atoms. The highest BCUT2D eigenvalue weighted by atomic mass is 35.5. The lowest BCUT2D eigenvalue weighted by atomic mass is 10.2. The summed E-state index contributed by atoms with van der Waals surface area (Å²) in [6.07, 6.45) is 4.75. The number of aromatic nitrogens is 2. The Kier molecular flexibility index (Phi) is 3.89. The van der Waals surface area contributed by atoms with Gasteiger partial charge in [0, 0.05) is 31.7 Å². The molecule has 0 bridgehead atoms. The highest BCUT2D eigenvalue weighted by Gasteiger charge is 2.28. The molecular weight excluding hydrogens is 262 g/mol. The summed E-state index contributed by atoms with van der Waals surface area (Å²) in [6.45, 7) is 4.88. The monoisotopic (exact) mass is 281 g/mol. The molecule has 2 aliphatic rings. The van der Waals surface area contributed by atoms with Crippen LogP contribution in [0.1, 0.15) is 44.3 Å². The van der Waals surface area contributed by atoms with Crippen LogP contribution in [0.2, 0.25) is 5.15 Å². The van der Waals surface area contributed by atoms with Gasteiger partial charge < -0.3 is 9.64 Å². The Morgan fingerprint density at radius 1 is 1.42 bits per heavy atom. The van der Waals surface area contributed by atoms with E-state index < -0.39 is 0 Å². The molecule has 1 aromatic heterocycles. The minimum absolute atomic E-state index is 0.292. The largest absolute Gasteiger partial charge is 0.376 e. The van der Waals surface area contributed by atoms with Gasteiger partial charge in [-0.25, -0.2) is 9.97 Å². The molecule has 1 saturated carbocycles. The van der Waals surface area contributed by atoms with Crippen molar-refractivity contribution in [1.29, 1.82) is 0 Å². The van der Waals surface area contributed by atoms with Crippen molar-refractivity contribution in [2.45, 2.75) is 44.6 Å². The SMILES string of the molecule is CCC1CN(c2cc(Cl)nc(C3CC3)n2)CCCO1. The molecule has 2 fully saturated rings. The Balaban J connectivity index is 1.82. The van der Waals surface area contributed by atoms with E-state index in [2.05, 4.69) is 16.8 Å². The second-order valence-electron chi connectivity index (χ2n) is 5.38. The van der Waals surface area contributed by atoms with Crippen molar-refractivity contribution in [3.05, 3.63) is 17.0 Å². The molecule has 1 aliphatic carbocycles. The first kappa shape index (κ1) is 13.1. The number of rotatable bonds is 3. The van der Waals surface area contributed by atoms with E-state index >= 15 is 0 Å². The molecule has 1 unspecified atom stereocenters. The first-order valence-electron chi connectivity index (χ1n) is 7.17. The standard InChI is InChI=1S/C14H20ClN3O/c1-2-11-9-18(6-3-7-19-11)13-8-12(15)16-14(17-13)10-4-5-10/h8,10-11H,2-7,9H2,1H3. The number of ether oxygens (including phenoxy) is 1. The van der Waals surface area contributed by atoms with E-state index in [1.807, 2.05) is 6.07 Å².